The van der Waals surface area contributed by atoms with Crippen molar-refractivity contribution in [1.29, 1.82) is 15.8 Å². The molecule has 0 atom stereocenters. The number of nitriles is 3. The summed E-state index contributed by atoms with van der Waals surface area (Å²) in [5, 5.41) is 19.5. The van der Waals surface area contributed by atoms with Crippen LogP contribution in [-0.4, -0.2) is 0 Å². The predicted octanol–water partition coefficient (Wildman–Crippen LogP) is 0.414. The molecule has 0 aromatic carbocycles. The van der Waals surface area contributed by atoms with Crippen molar-refractivity contribution in [2.75, 3.05) is 0 Å². The van der Waals surface area contributed by atoms with E-state index in [1.165, 1.54) is 0 Å². The Bertz CT molecular complexity index is 41.0. The molecule has 52 valence electrons. The Morgan fingerprint density at radius 1 is 0.500 bits per heavy atom. The standard InChI is InChI=1S/3CHN.2Au/c3*1-2;;/h3*1H;;. The second kappa shape index (κ2) is 101000. The second-order valence-electron chi connectivity index (χ2n) is 0. The fraction of sp³-hybridized carbons (Fsp3) is 0. The van der Waals surface area contributed by atoms with Gasteiger partial charge in [-0.25, -0.2) is 15.8 Å². The summed E-state index contributed by atoms with van der Waals surface area (Å²) >= 11 is 0. The Hall–Kier alpha value is -0.0495. The van der Waals surface area contributed by atoms with E-state index in [0.717, 1.165) is 0 Å². The number of nitrogens with zero attached hydrogens (tertiary/aromatic N) is 3. The Kier molecular flexibility index (Phi) is 554000. The first-order valence-electron chi connectivity index (χ1n) is 0.775. The van der Waals surface area contributed by atoms with Gasteiger partial charge in [0.15, 0.2) is 0 Å². The summed E-state index contributed by atoms with van der Waals surface area (Å²) in [4.78, 5) is 0. The maximum atomic E-state index is 6.50. The quantitative estimate of drug-likeness (QED) is 0.477. The summed E-state index contributed by atoms with van der Waals surface area (Å²) in [6, 6.07) is 0. The van der Waals surface area contributed by atoms with Crippen molar-refractivity contribution in [3.63, 3.8) is 0 Å². The van der Waals surface area contributed by atoms with Crippen LogP contribution >= 0.6 is 0 Å². The number of hydrogen-bond donors (Lipinski definition) is 0. The van der Waals surface area contributed by atoms with Crippen molar-refractivity contribution in [2.45, 2.75) is 0 Å². The summed E-state index contributed by atoms with van der Waals surface area (Å²) in [5.74, 6) is 0. The van der Waals surface area contributed by atoms with Gasteiger partial charge in [-0.3, -0.25) is 0 Å². The molecule has 0 saturated carbocycles. The molecule has 0 N–H and O–H groups in total. The zero-order chi connectivity index (χ0) is 6.00. The fourth-order valence-electron chi connectivity index (χ4n) is 0. The summed E-state index contributed by atoms with van der Waals surface area (Å²) in [6.07, 6.45) is 0. The molecule has 0 aliphatic rings. The number of hydrogen-bond acceptors (Lipinski definition) is 3. The minimum atomic E-state index is 0. The molecule has 0 saturated heterocycles. The smallest absolute Gasteiger partial charge is 0.0462 e. The SMILES string of the molecule is C#N.C#N.C#N.[Au].[Au]. The van der Waals surface area contributed by atoms with Gasteiger partial charge in [0.05, 0.1) is 0 Å². The first-order valence-corrected chi connectivity index (χ1v) is 0.775. The zero-order valence-corrected chi connectivity index (χ0v) is 8.01. The molecular weight excluding hydrogens is 472 g/mol. The Morgan fingerprint density at radius 3 is 0.500 bits per heavy atom. The van der Waals surface area contributed by atoms with E-state index in [0.29, 0.717) is 0 Å². The average Bonchev–Trinajstić information content (AvgIpc) is 1.81. The van der Waals surface area contributed by atoms with Gasteiger partial charge in [0.2, 0.25) is 0 Å². The van der Waals surface area contributed by atoms with Crippen LogP contribution in [0.3, 0.4) is 0 Å². The van der Waals surface area contributed by atoms with E-state index in [1.54, 1.807) is 0 Å². The van der Waals surface area contributed by atoms with Crippen molar-refractivity contribution in [1.82, 2.24) is 0 Å². The normalized spacial score (nSPS) is 0.750. The molecular formula is C3H3Au2N3. The van der Waals surface area contributed by atoms with E-state index in [2.05, 4.69) is 19.7 Å². The molecule has 0 unspecified atom stereocenters. The average molecular weight is 475 g/mol. The minimum absolute atomic E-state index is 0. The van der Waals surface area contributed by atoms with Crippen LogP contribution in [0.25, 0.3) is 0 Å². The van der Waals surface area contributed by atoms with Crippen LogP contribution in [0.2, 0.25) is 0 Å². The van der Waals surface area contributed by atoms with Crippen LogP contribution in [0.5, 0.6) is 0 Å². The van der Waals surface area contributed by atoms with Gasteiger partial charge in [0.1, 0.15) is 0 Å². The topological polar surface area (TPSA) is 71.4 Å². The summed E-state index contributed by atoms with van der Waals surface area (Å²) in [6.45, 7) is 10.5. The van der Waals surface area contributed by atoms with Crippen LogP contribution in [0.1, 0.15) is 0 Å². The van der Waals surface area contributed by atoms with Gasteiger partial charge in [-0.1, -0.05) is 0 Å². The number of rotatable bonds is 0. The molecule has 0 spiro atoms. The summed E-state index contributed by atoms with van der Waals surface area (Å²) in [5.41, 5.74) is 0. The third-order valence-electron chi connectivity index (χ3n) is 0. The molecule has 0 aromatic heterocycles. The predicted molar refractivity (Wildman–Crippen MR) is 20.0 cm³/mol. The molecule has 8 heavy (non-hydrogen) atoms. The maximum absolute atomic E-state index is 6.50. The van der Waals surface area contributed by atoms with Crippen LogP contribution in [0.15, 0.2) is 0 Å². The summed E-state index contributed by atoms with van der Waals surface area (Å²) < 4.78 is 0. The van der Waals surface area contributed by atoms with Crippen LogP contribution < -0.4 is 0 Å². The molecule has 5 heteroatoms. The molecule has 0 rings (SSSR count). The third kappa shape index (κ3) is 59600. The molecule has 0 heterocycles. The van der Waals surface area contributed by atoms with E-state index in [4.69, 9.17) is 15.8 Å². The molecule has 0 aliphatic heterocycles. The van der Waals surface area contributed by atoms with E-state index in [-0.39, 0.29) is 44.8 Å². The van der Waals surface area contributed by atoms with Gasteiger partial charge >= 0.3 is 0 Å². The van der Waals surface area contributed by atoms with Crippen molar-refractivity contribution in [2.24, 2.45) is 0 Å². The third-order valence-corrected chi connectivity index (χ3v) is 0. The molecule has 0 aliphatic carbocycles. The van der Waals surface area contributed by atoms with Crippen LogP contribution in [-0.2, 0) is 44.8 Å². The Morgan fingerprint density at radius 2 is 0.500 bits per heavy atom. The fourth-order valence-corrected chi connectivity index (χ4v) is 0. The van der Waals surface area contributed by atoms with E-state index >= 15 is 0 Å². The summed E-state index contributed by atoms with van der Waals surface area (Å²) in [7, 11) is 0. The monoisotopic (exact) mass is 475 g/mol. The molecule has 2 radical (unpaired) electrons. The van der Waals surface area contributed by atoms with Gasteiger partial charge in [-0.2, -0.15) is 0 Å². The molecule has 0 bridgehead atoms. The van der Waals surface area contributed by atoms with Crippen LogP contribution in [0, 0.1) is 35.5 Å². The first-order chi connectivity index (χ1) is 3.00. The first kappa shape index (κ1) is 44.1. The van der Waals surface area contributed by atoms with Gasteiger partial charge in [-0.15, -0.1) is 0 Å². The second-order valence-corrected chi connectivity index (χ2v) is 0. The van der Waals surface area contributed by atoms with Gasteiger partial charge in [0, 0.05) is 64.5 Å². The largest absolute Gasteiger partial charge is 0.202 e. The Labute approximate surface area is 79.9 Å². The minimum Gasteiger partial charge on any atom is -0.202 e. The van der Waals surface area contributed by atoms with Crippen molar-refractivity contribution < 1.29 is 44.8 Å². The van der Waals surface area contributed by atoms with Gasteiger partial charge in [0.25, 0.3) is 0 Å². The van der Waals surface area contributed by atoms with Gasteiger partial charge < -0.3 is 0 Å². The molecule has 0 amide bonds. The molecule has 0 aromatic rings. The van der Waals surface area contributed by atoms with Crippen LogP contribution in [0.4, 0.5) is 0 Å². The van der Waals surface area contributed by atoms with Crippen molar-refractivity contribution >= 4 is 0 Å². The zero-order valence-electron chi connectivity index (χ0n) is 3.68. The van der Waals surface area contributed by atoms with E-state index in [1.807, 2.05) is 0 Å². The molecule has 3 nitrogen and oxygen atoms in total. The maximum Gasteiger partial charge on any atom is 0.0462 e. The van der Waals surface area contributed by atoms with E-state index < -0.39 is 0 Å². The van der Waals surface area contributed by atoms with E-state index in [9.17, 15) is 0 Å². The van der Waals surface area contributed by atoms with Crippen molar-refractivity contribution in [3.05, 3.63) is 0 Å². The van der Waals surface area contributed by atoms with Gasteiger partial charge in [-0.05, 0) is 0 Å². The molecule has 0 fully saturated rings. The Balaban J connectivity index is -0.00000000500. The van der Waals surface area contributed by atoms with Crippen molar-refractivity contribution in [3.8, 4) is 19.7 Å².